The lowest BCUT2D eigenvalue weighted by Crippen LogP contribution is -2.02. The number of nitrogens with zero attached hydrogens (tertiary/aromatic N) is 3. The van der Waals surface area contributed by atoms with Crippen LogP contribution < -0.4 is 10.6 Å². The Kier molecular flexibility index (Phi) is 4.48. The van der Waals surface area contributed by atoms with E-state index in [9.17, 15) is 13.2 Å². The van der Waals surface area contributed by atoms with E-state index in [1.54, 1.807) is 24.3 Å². The van der Waals surface area contributed by atoms with Gasteiger partial charge >= 0.3 is 0 Å². The lowest BCUT2D eigenvalue weighted by molar-refractivity contribution is 0.449. The zero-order valence-corrected chi connectivity index (χ0v) is 12.6. The molecule has 0 amide bonds. The second-order valence-electron chi connectivity index (χ2n) is 4.92. The van der Waals surface area contributed by atoms with E-state index >= 15 is 0 Å². The SMILES string of the molecule is N#Cc1ccccc1Nc1cc(Nc2ccc(F)c(F)c2F)ncn1. The Labute approximate surface area is 140 Å². The zero-order chi connectivity index (χ0) is 17.8. The monoisotopic (exact) mass is 341 g/mol. The van der Waals surface area contributed by atoms with Gasteiger partial charge in [-0.2, -0.15) is 5.26 Å². The molecule has 3 aromatic rings. The number of hydrogen-bond donors (Lipinski definition) is 2. The minimum Gasteiger partial charge on any atom is -0.339 e. The van der Waals surface area contributed by atoms with Crippen LogP contribution in [0.15, 0.2) is 48.8 Å². The van der Waals surface area contributed by atoms with E-state index in [1.165, 1.54) is 12.4 Å². The van der Waals surface area contributed by atoms with Crippen LogP contribution in [-0.2, 0) is 0 Å². The molecule has 1 aromatic heterocycles. The first-order valence-corrected chi connectivity index (χ1v) is 7.07. The summed E-state index contributed by atoms with van der Waals surface area (Å²) < 4.78 is 40.0. The van der Waals surface area contributed by atoms with Crippen LogP contribution in [0, 0.1) is 28.8 Å². The first-order valence-electron chi connectivity index (χ1n) is 7.07. The Bertz CT molecular complexity index is 969. The first-order chi connectivity index (χ1) is 12.1. The highest BCUT2D eigenvalue weighted by Crippen LogP contribution is 2.24. The zero-order valence-electron chi connectivity index (χ0n) is 12.6. The summed E-state index contributed by atoms with van der Waals surface area (Å²) in [6, 6.07) is 12.2. The molecule has 0 radical (unpaired) electrons. The molecule has 0 aliphatic carbocycles. The molecule has 0 fully saturated rings. The highest BCUT2D eigenvalue weighted by atomic mass is 19.2. The number of hydrogen-bond acceptors (Lipinski definition) is 5. The van der Waals surface area contributed by atoms with E-state index in [2.05, 4.69) is 20.6 Å². The van der Waals surface area contributed by atoms with E-state index in [4.69, 9.17) is 5.26 Å². The van der Waals surface area contributed by atoms with Gasteiger partial charge < -0.3 is 10.6 Å². The van der Waals surface area contributed by atoms with Crippen LogP contribution in [0.4, 0.5) is 36.2 Å². The maximum atomic E-state index is 13.7. The molecule has 0 bridgehead atoms. The molecule has 0 aliphatic rings. The van der Waals surface area contributed by atoms with Crippen LogP contribution in [0.1, 0.15) is 5.56 Å². The van der Waals surface area contributed by atoms with Gasteiger partial charge in [-0.15, -0.1) is 0 Å². The molecule has 2 N–H and O–H groups in total. The normalized spacial score (nSPS) is 10.2. The van der Waals surface area contributed by atoms with Gasteiger partial charge in [0.05, 0.1) is 16.9 Å². The van der Waals surface area contributed by atoms with Crippen LogP contribution in [0.3, 0.4) is 0 Å². The fraction of sp³-hybridized carbons (Fsp3) is 0. The van der Waals surface area contributed by atoms with E-state index in [0.717, 1.165) is 12.1 Å². The summed E-state index contributed by atoms with van der Waals surface area (Å²) in [5, 5.41) is 14.6. The summed E-state index contributed by atoms with van der Waals surface area (Å²) in [6.07, 6.45) is 1.21. The molecule has 5 nitrogen and oxygen atoms in total. The standard InChI is InChI=1S/C17H10F3N5/c18-11-5-6-13(17(20)16(11)19)25-15-7-14(22-9-23-15)24-12-4-2-1-3-10(12)8-21/h1-7,9H,(H2,22,23,24,25). The van der Waals surface area contributed by atoms with E-state index < -0.39 is 17.5 Å². The second-order valence-corrected chi connectivity index (χ2v) is 4.92. The summed E-state index contributed by atoms with van der Waals surface area (Å²) in [4.78, 5) is 7.91. The number of para-hydroxylation sites is 1. The van der Waals surface area contributed by atoms with Gasteiger partial charge in [0.2, 0.25) is 0 Å². The van der Waals surface area contributed by atoms with Crippen molar-refractivity contribution in [3.8, 4) is 6.07 Å². The fourth-order valence-electron chi connectivity index (χ4n) is 2.08. The molecule has 2 aromatic carbocycles. The number of nitriles is 1. The third kappa shape index (κ3) is 3.50. The van der Waals surface area contributed by atoms with Crippen molar-refractivity contribution >= 4 is 23.0 Å². The van der Waals surface area contributed by atoms with Crippen LogP contribution in [-0.4, -0.2) is 9.97 Å². The summed E-state index contributed by atoms with van der Waals surface area (Å²) in [7, 11) is 0. The largest absolute Gasteiger partial charge is 0.339 e. The molecule has 3 rings (SSSR count). The van der Waals surface area contributed by atoms with Crippen LogP contribution in [0.25, 0.3) is 0 Å². The van der Waals surface area contributed by atoms with Gasteiger partial charge in [0.15, 0.2) is 17.5 Å². The van der Waals surface area contributed by atoms with Crippen molar-refractivity contribution in [3.05, 3.63) is 71.8 Å². The predicted octanol–water partition coefficient (Wildman–Crippen LogP) is 4.25. The van der Waals surface area contributed by atoms with Gasteiger partial charge in [0, 0.05) is 6.07 Å². The molecule has 0 saturated heterocycles. The van der Waals surface area contributed by atoms with Gasteiger partial charge in [-0.25, -0.2) is 23.1 Å². The van der Waals surface area contributed by atoms with Crippen molar-refractivity contribution in [1.82, 2.24) is 9.97 Å². The molecule has 0 saturated carbocycles. The number of nitrogens with one attached hydrogen (secondary N) is 2. The first kappa shape index (κ1) is 16.3. The second kappa shape index (κ2) is 6.88. The average Bonchev–Trinajstić information content (AvgIpc) is 2.63. The van der Waals surface area contributed by atoms with Crippen molar-refractivity contribution in [2.24, 2.45) is 0 Å². The molecule has 1 heterocycles. The smallest absolute Gasteiger partial charge is 0.196 e. The van der Waals surface area contributed by atoms with Crippen molar-refractivity contribution in [3.63, 3.8) is 0 Å². The molecule has 25 heavy (non-hydrogen) atoms. The number of benzene rings is 2. The van der Waals surface area contributed by atoms with Gasteiger partial charge in [-0.1, -0.05) is 12.1 Å². The third-order valence-electron chi connectivity index (χ3n) is 3.28. The predicted molar refractivity (Wildman–Crippen MR) is 86.1 cm³/mol. The van der Waals surface area contributed by atoms with Gasteiger partial charge in [-0.3, -0.25) is 0 Å². The molecule has 0 spiro atoms. The molecular weight excluding hydrogens is 331 g/mol. The number of halogens is 3. The van der Waals surface area contributed by atoms with Crippen LogP contribution in [0.2, 0.25) is 0 Å². The minimum absolute atomic E-state index is 0.164. The molecular formula is C17H10F3N5. The topological polar surface area (TPSA) is 73.6 Å². The quantitative estimate of drug-likeness (QED) is 0.694. The van der Waals surface area contributed by atoms with Crippen molar-refractivity contribution in [1.29, 1.82) is 5.26 Å². The highest BCUT2D eigenvalue weighted by molar-refractivity contribution is 5.67. The Morgan fingerprint density at radius 2 is 1.52 bits per heavy atom. The lowest BCUT2D eigenvalue weighted by atomic mass is 10.2. The Morgan fingerprint density at radius 1 is 0.840 bits per heavy atom. The summed E-state index contributed by atoms with van der Waals surface area (Å²) in [6.45, 7) is 0. The van der Waals surface area contributed by atoms with Crippen molar-refractivity contribution in [2.45, 2.75) is 0 Å². The number of anilines is 4. The van der Waals surface area contributed by atoms with Crippen LogP contribution >= 0.6 is 0 Å². The third-order valence-corrected chi connectivity index (χ3v) is 3.28. The van der Waals surface area contributed by atoms with Gasteiger partial charge in [-0.05, 0) is 24.3 Å². The van der Waals surface area contributed by atoms with Crippen molar-refractivity contribution < 1.29 is 13.2 Å². The van der Waals surface area contributed by atoms with Gasteiger partial charge in [0.1, 0.15) is 24.0 Å². The van der Waals surface area contributed by atoms with E-state index in [1.807, 2.05) is 6.07 Å². The molecule has 124 valence electrons. The fourth-order valence-corrected chi connectivity index (χ4v) is 2.08. The van der Waals surface area contributed by atoms with E-state index in [0.29, 0.717) is 17.1 Å². The number of aromatic nitrogens is 2. The van der Waals surface area contributed by atoms with Crippen molar-refractivity contribution in [2.75, 3.05) is 10.6 Å². The summed E-state index contributed by atoms with van der Waals surface area (Å²) in [5.74, 6) is -3.69. The molecule has 0 unspecified atom stereocenters. The minimum atomic E-state index is -1.57. The molecule has 0 atom stereocenters. The average molecular weight is 341 g/mol. The summed E-state index contributed by atoms with van der Waals surface area (Å²) in [5.41, 5.74) is 0.692. The lowest BCUT2D eigenvalue weighted by Gasteiger charge is -2.10. The molecule has 0 aliphatic heterocycles. The Hall–Kier alpha value is -3.60. The Balaban J connectivity index is 1.85. The van der Waals surface area contributed by atoms with Crippen LogP contribution in [0.5, 0.6) is 0 Å². The highest BCUT2D eigenvalue weighted by Gasteiger charge is 2.14. The maximum Gasteiger partial charge on any atom is 0.196 e. The van der Waals surface area contributed by atoms with Gasteiger partial charge in [0.25, 0.3) is 0 Å². The summed E-state index contributed by atoms with van der Waals surface area (Å²) >= 11 is 0. The maximum absolute atomic E-state index is 13.7. The Morgan fingerprint density at radius 3 is 2.24 bits per heavy atom. The molecule has 8 heteroatoms. The van der Waals surface area contributed by atoms with E-state index in [-0.39, 0.29) is 11.5 Å². The number of rotatable bonds is 4.